The number of carbonyl (C=O) groups is 3. The molecule has 3 rings (SSSR count). The van der Waals surface area contributed by atoms with Crippen LogP contribution in [-0.4, -0.2) is 45.2 Å². The average Bonchev–Trinajstić information content (AvgIpc) is 2.99. The lowest BCUT2D eigenvalue weighted by Crippen LogP contribution is -2.61. The minimum absolute atomic E-state index is 0.00731. The summed E-state index contributed by atoms with van der Waals surface area (Å²) in [6.07, 6.45) is -0.597. The first-order valence-corrected chi connectivity index (χ1v) is 6.95. The first kappa shape index (κ1) is 13.2. The molecule has 0 aromatic carbocycles. The van der Waals surface area contributed by atoms with Gasteiger partial charge in [-0.3, -0.25) is 24.2 Å². The Labute approximate surface area is 117 Å². The molecule has 1 aromatic heterocycles. The first-order valence-electron chi connectivity index (χ1n) is 6.00. The maximum absolute atomic E-state index is 15.0. The number of aliphatic hydroxyl groups is 1. The van der Waals surface area contributed by atoms with Gasteiger partial charge in [0.15, 0.2) is 0 Å². The molecular weight excluding hydrogens is 287 g/mol. The van der Waals surface area contributed by atoms with E-state index < -0.39 is 30.2 Å². The Hall–Kier alpha value is -1.80. The molecule has 106 valence electrons. The van der Waals surface area contributed by atoms with Crippen molar-refractivity contribution in [2.75, 3.05) is 6.73 Å². The van der Waals surface area contributed by atoms with Gasteiger partial charge in [-0.05, 0) is 10.9 Å². The molecule has 1 N–H and O–H groups in total. The van der Waals surface area contributed by atoms with E-state index in [1.54, 1.807) is 10.8 Å². The van der Waals surface area contributed by atoms with Crippen LogP contribution in [0.2, 0.25) is 0 Å². The highest BCUT2D eigenvalue weighted by molar-refractivity contribution is 7.08. The number of fused-ring (bicyclic) bond motifs is 1. The van der Waals surface area contributed by atoms with Gasteiger partial charge in [0.05, 0.1) is 12.1 Å². The molecule has 1 saturated heterocycles. The molecule has 6 nitrogen and oxygen atoms in total. The molecule has 2 aliphatic rings. The summed E-state index contributed by atoms with van der Waals surface area (Å²) >= 11 is 1.34. The largest absolute Gasteiger partial charge is 0.376 e. The molecule has 1 unspecified atom stereocenters. The third-order valence-electron chi connectivity index (χ3n) is 3.66. The molecular formula is C12H11FN2O4S. The van der Waals surface area contributed by atoms with E-state index in [0.717, 1.165) is 4.90 Å². The summed E-state index contributed by atoms with van der Waals surface area (Å²) in [4.78, 5) is 37.0. The fourth-order valence-corrected chi connectivity index (χ4v) is 3.36. The van der Waals surface area contributed by atoms with E-state index in [-0.39, 0.29) is 19.4 Å². The second-order valence-electron chi connectivity index (χ2n) is 4.73. The molecule has 1 atom stereocenters. The van der Waals surface area contributed by atoms with Gasteiger partial charge in [-0.15, -0.1) is 0 Å². The van der Waals surface area contributed by atoms with Crippen LogP contribution in [0.4, 0.5) is 4.39 Å². The Morgan fingerprint density at radius 3 is 2.75 bits per heavy atom. The van der Waals surface area contributed by atoms with Gasteiger partial charge in [0, 0.05) is 18.2 Å². The number of carbonyl (C=O) groups excluding carboxylic acids is 3. The van der Waals surface area contributed by atoms with Gasteiger partial charge in [-0.25, -0.2) is 4.39 Å². The number of likely N-dealkylation sites (tertiary alicyclic amines) is 1. The molecule has 20 heavy (non-hydrogen) atoms. The van der Waals surface area contributed by atoms with Crippen molar-refractivity contribution >= 4 is 29.1 Å². The lowest BCUT2D eigenvalue weighted by atomic mass is 10.00. The van der Waals surface area contributed by atoms with Crippen molar-refractivity contribution in [3.05, 3.63) is 21.9 Å². The summed E-state index contributed by atoms with van der Waals surface area (Å²) in [6, 6.07) is 0. The van der Waals surface area contributed by atoms with Crippen LogP contribution in [-0.2, 0) is 16.1 Å². The SMILES string of the molecule is O=C1CCC(F)(N2Cc3cscc3C2=O)C(=O)N1CO. The number of hydrogen-bond donors (Lipinski definition) is 1. The number of aliphatic hydroxyl groups excluding tert-OH is 1. The predicted octanol–water partition coefficient (Wildman–Crippen LogP) is 0.469. The van der Waals surface area contributed by atoms with Gasteiger partial charge in [0.2, 0.25) is 5.91 Å². The topological polar surface area (TPSA) is 77.9 Å². The number of halogens is 1. The zero-order valence-corrected chi connectivity index (χ0v) is 11.2. The van der Waals surface area contributed by atoms with E-state index in [1.807, 2.05) is 0 Å². The second-order valence-corrected chi connectivity index (χ2v) is 5.47. The Balaban J connectivity index is 1.94. The van der Waals surface area contributed by atoms with Crippen LogP contribution in [0.25, 0.3) is 0 Å². The maximum atomic E-state index is 15.0. The smallest absolute Gasteiger partial charge is 0.289 e. The summed E-state index contributed by atoms with van der Waals surface area (Å²) in [7, 11) is 0. The second kappa shape index (κ2) is 4.35. The van der Waals surface area contributed by atoms with E-state index in [4.69, 9.17) is 5.11 Å². The van der Waals surface area contributed by atoms with Gasteiger partial charge in [0.1, 0.15) is 6.73 Å². The quantitative estimate of drug-likeness (QED) is 0.636. The lowest BCUT2D eigenvalue weighted by Gasteiger charge is -2.39. The Bertz CT molecular complexity index is 616. The van der Waals surface area contributed by atoms with Crippen LogP contribution in [0.3, 0.4) is 0 Å². The number of imide groups is 1. The predicted molar refractivity (Wildman–Crippen MR) is 66.2 cm³/mol. The highest BCUT2D eigenvalue weighted by Gasteiger charge is 2.55. The molecule has 3 amide bonds. The summed E-state index contributed by atoms with van der Waals surface area (Å²) in [5, 5.41) is 12.4. The highest BCUT2D eigenvalue weighted by atomic mass is 32.1. The Morgan fingerprint density at radius 1 is 1.35 bits per heavy atom. The number of hydrogen-bond acceptors (Lipinski definition) is 5. The fourth-order valence-electron chi connectivity index (χ4n) is 2.54. The van der Waals surface area contributed by atoms with E-state index >= 15 is 4.39 Å². The number of piperidine rings is 1. The van der Waals surface area contributed by atoms with Crippen molar-refractivity contribution < 1.29 is 23.9 Å². The van der Waals surface area contributed by atoms with Crippen LogP contribution >= 0.6 is 11.3 Å². The van der Waals surface area contributed by atoms with Gasteiger partial charge in [0.25, 0.3) is 17.6 Å². The van der Waals surface area contributed by atoms with Crippen molar-refractivity contribution in [3.63, 3.8) is 0 Å². The van der Waals surface area contributed by atoms with Crippen molar-refractivity contribution in [1.29, 1.82) is 0 Å². The van der Waals surface area contributed by atoms with Crippen LogP contribution in [0.1, 0.15) is 28.8 Å². The third-order valence-corrected chi connectivity index (χ3v) is 4.45. The van der Waals surface area contributed by atoms with E-state index in [0.29, 0.717) is 16.0 Å². The van der Waals surface area contributed by atoms with Gasteiger partial charge < -0.3 is 5.11 Å². The van der Waals surface area contributed by atoms with Gasteiger partial charge >= 0.3 is 0 Å². The number of amides is 3. The molecule has 1 fully saturated rings. The number of thiophene rings is 1. The summed E-state index contributed by atoms with van der Waals surface area (Å²) in [6.45, 7) is -0.875. The van der Waals surface area contributed by atoms with Gasteiger partial charge in [-0.1, -0.05) is 0 Å². The molecule has 0 spiro atoms. The minimum atomic E-state index is -2.57. The summed E-state index contributed by atoms with van der Waals surface area (Å²) in [5.74, 6) is -4.92. The first-order chi connectivity index (χ1) is 9.49. The summed E-state index contributed by atoms with van der Waals surface area (Å²) < 4.78 is 15.0. The lowest BCUT2D eigenvalue weighted by molar-refractivity contribution is -0.174. The molecule has 0 radical (unpaired) electrons. The Morgan fingerprint density at radius 2 is 2.10 bits per heavy atom. The maximum Gasteiger partial charge on any atom is 0.289 e. The van der Waals surface area contributed by atoms with Crippen LogP contribution < -0.4 is 0 Å². The van der Waals surface area contributed by atoms with E-state index in [1.165, 1.54) is 11.3 Å². The molecule has 0 saturated carbocycles. The third kappa shape index (κ3) is 1.61. The van der Waals surface area contributed by atoms with Crippen molar-refractivity contribution in [2.45, 2.75) is 25.2 Å². The average molecular weight is 298 g/mol. The Kier molecular flexibility index (Phi) is 2.87. The van der Waals surface area contributed by atoms with Crippen LogP contribution in [0, 0.1) is 0 Å². The summed E-state index contributed by atoms with van der Waals surface area (Å²) in [5.41, 5.74) is 1.07. The number of rotatable bonds is 2. The van der Waals surface area contributed by atoms with Crippen molar-refractivity contribution in [1.82, 2.24) is 9.80 Å². The zero-order chi connectivity index (χ0) is 14.5. The minimum Gasteiger partial charge on any atom is -0.376 e. The molecule has 3 heterocycles. The molecule has 0 bridgehead atoms. The fraction of sp³-hybridized carbons (Fsp3) is 0.417. The monoisotopic (exact) mass is 298 g/mol. The van der Waals surface area contributed by atoms with Crippen molar-refractivity contribution in [3.8, 4) is 0 Å². The molecule has 8 heteroatoms. The normalized spacial score (nSPS) is 26.4. The number of alkyl halides is 1. The van der Waals surface area contributed by atoms with Crippen molar-refractivity contribution in [2.24, 2.45) is 0 Å². The van der Waals surface area contributed by atoms with E-state index in [9.17, 15) is 14.4 Å². The van der Waals surface area contributed by atoms with Crippen LogP contribution in [0.15, 0.2) is 10.8 Å². The van der Waals surface area contributed by atoms with E-state index in [2.05, 4.69) is 0 Å². The van der Waals surface area contributed by atoms with Crippen LogP contribution in [0.5, 0.6) is 0 Å². The molecule has 1 aromatic rings. The molecule has 2 aliphatic heterocycles. The number of nitrogens with zero attached hydrogens (tertiary/aromatic N) is 2. The highest BCUT2D eigenvalue weighted by Crippen LogP contribution is 2.38. The van der Waals surface area contributed by atoms with Gasteiger partial charge in [-0.2, -0.15) is 11.3 Å². The molecule has 0 aliphatic carbocycles. The standard InChI is InChI=1S/C12H11FN2O4S/c13-12(2-1-9(17)14(6-16)11(12)19)15-3-7-4-20-5-8(7)10(15)18/h4-5,16H,1-3,6H2. The zero-order valence-electron chi connectivity index (χ0n) is 10.3.